The molecule has 8 heteroatoms. The lowest BCUT2D eigenvalue weighted by atomic mass is 10.2. The number of imidazole rings is 1. The number of ether oxygens (including phenoxy) is 1. The van der Waals surface area contributed by atoms with Crippen molar-refractivity contribution in [3.05, 3.63) is 60.3 Å². The van der Waals surface area contributed by atoms with Crippen LogP contribution in [0.15, 0.2) is 48.9 Å². The zero-order valence-electron chi connectivity index (χ0n) is 13.3. The van der Waals surface area contributed by atoms with Crippen LogP contribution in [0.5, 0.6) is 0 Å². The Kier molecular flexibility index (Phi) is 4.51. The highest BCUT2D eigenvalue weighted by atomic mass is 16.5. The van der Waals surface area contributed by atoms with Crippen LogP contribution in [0.3, 0.4) is 0 Å². The lowest BCUT2D eigenvalue weighted by Gasteiger charge is -2.08. The molecule has 0 radical (unpaired) electrons. The molecule has 0 aliphatic heterocycles. The predicted octanol–water partition coefficient (Wildman–Crippen LogP) is 1.52. The number of aliphatic hydroxyl groups is 1. The topological polar surface area (TPSA) is 107 Å². The van der Waals surface area contributed by atoms with Crippen molar-refractivity contribution in [3.8, 4) is 0 Å². The number of aromatic nitrogens is 4. The fourth-order valence-corrected chi connectivity index (χ4v) is 2.34. The monoisotopic (exact) mass is 338 g/mol. The molecule has 0 saturated heterocycles. The van der Waals surface area contributed by atoms with Crippen molar-refractivity contribution in [2.24, 2.45) is 0 Å². The van der Waals surface area contributed by atoms with Gasteiger partial charge in [0.2, 0.25) is 0 Å². The number of methoxy groups -OCH3 is 1. The summed E-state index contributed by atoms with van der Waals surface area (Å²) in [7, 11) is 1.09. The van der Waals surface area contributed by atoms with E-state index in [1.807, 2.05) is 30.3 Å². The first-order valence-electron chi connectivity index (χ1n) is 7.33. The lowest BCUT2D eigenvalue weighted by Crippen LogP contribution is -2.14. The molecule has 0 amide bonds. The van der Waals surface area contributed by atoms with Crippen molar-refractivity contribution in [1.82, 2.24) is 19.5 Å². The molecule has 0 bridgehead atoms. The van der Waals surface area contributed by atoms with Crippen LogP contribution in [0.2, 0.25) is 0 Å². The molecular weight excluding hydrogens is 324 g/mol. The first-order chi connectivity index (χ1) is 12.1. The predicted molar refractivity (Wildman–Crippen MR) is 88.5 cm³/mol. The van der Waals surface area contributed by atoms with Crippen LogP contribution in [-0.2, 0) is 20.9 Å². The minimum absolute atomic E-state index is 0.108. The van der Waals surface area contributed by atoms with Crippen molar-refractivity contribution in [1.29, 1.82) is 0 Å². The molecule has 0 fully saturated rings. The summed E-state index contributed by atoms with van der Waals surface area (Å²) in [6, 6.07) is 9.50. The summed E-state index contributed by atoms with van der Waals surface area (Å²) in [5.41, 5.74) is 1.91. The summed E-state index contributed by atoms with van der Waals surface area (Å²) in [5.74, 6) is -2.40. The van der Waals surface area contributed by atoms with Crippen LogP contribution >= 0.6 is 0 Å². The van der Waals surface area contributed by atoms with Crippen LogP contribution in [0.25, 0.3) is 16.9 Å². The fourth-order valence-electron chi connectivity index (χ4n) is 2.34. The third-order valence-electron chi connectivity index (χ3n) is 3.48. The highest BCUT2D eigenvalue weighted by Crippen LogP contribution is 2.20. The van der Waals surface area contributed by atoms with Gasteiger partial charge >= 0.3 is 5.97 Å². The highest BCUT2D eigenvalue weighted by molar-refractivity contribution is 6.39. The van der Waals surface area contributed by atoms with E-state index in [1.165, 1.54) is 12.5 Å². The van der Waals surface area contributed by atoms with Gasteiger partial charge in [-0.3, -0.25) is 4.79 Å². The van der Waals surface area contributed by atoms with Crippen molar-refractivity contribution in [2.45, 2.75) is 6.54 Å². The largest absolute Gasteiger partial charge is 0.504 e. The summed E-state index contributed by atoms with van der Waals surface area (Å²) in [5, 5.41) is 10.3. The zero-order chi connectivity index (χ0) is 17.8. The number of carbonyl (C=O) groups excluding carboxylic acids is 2. The first kappa shape index (κ1) is 16.3. The van der Waals surface area contributed by atoms with Gasteiger partial charge in [0.1, 0.15) is 11.8 Å². The second kappa shape index (κ2) is 6.91. The van der Waals surface area contributed by atoms with E-state index in [4.69, 9.17) is 0 Å². The molecule has 1 N–H and O–H groups in total. The molecule has 0 spiro atoms. The number of aliphatic hydroxyl groups excluding tert-OH is 1. The van der Waals surface area contributed by atoms with E-state index in [2.05, 4.69) is 19.7 Å². The lowest BCUT2D eigenvalue weighted by molar-refractivity contribution is -0.149. The van der Waals surface area contributed by atoms with Crippen LogP contribution in [0.1, 0.15) is 11.4 Å². The molecule has 0 aliphatic carbocycles. The number of carbonyl (C=O) groups is 2. The Hall–Kier alpha value is -3.55. The van der Waals surface area contributed by atoms with Crippen molar-refractivity contribution in [2.75, 3.05) is 7.11 Å². The van der Waals surface area contributed by atoms with Crippen LogP contribution in [0, 0.1) is 0 Å². The Morgan fingerprint density at radius 2 is 2.04 bits per heavy atom. The molecule has 8 nitrogen and oxygen atoms in total. The molecule has 0 unspecified atom stereocenters. The minimum Gasteiger partial charge on any atom is -0.504 e. The van der Waals surface area contributed by atoms with Gasteiger partial charge < -0.3 is 14.4 Å². The zero-order valence-corrected chi connectivity index (χ0v) is 13.3. The van der Waals surface area contributed by atoms with Crippen LogP contribution < -0.4 is 0 Å². The van der Waals surface area contributed by atoms with Gasteiger partial charge in [-0.25, -0.2) is 19.7 Å². The number of esters is 1. The molecule has 2 heterocycles. The first-order valence-corrected chi connectivity index (χ1v) is 7.33. The Morgan fingerprint density at radius 1 is 1.28 bits per heavy atom. The Balaban J connectivity index is 2.08. The second-order valence-corrected chi connectivity index (χ2v) is 5.12. The number of rotatable bonds is 5. The average Bonchev–Trinajstić information content (AvgIpc) is 3.00. The Labute approximate surface area is 142 Å². The molecule has 3 aromatic rings. The van der Waals surface area contributed by atoms with Gasteiger partial charge in [0.25, 0.3) is 5.78 Å². The SMILES string of the molecule is COC(=O)C(=O)C=C(O)c1nc2cncnc2n1Cc1ccccc1. The molecule has 2 aromatic heterocycles. The average molecular weight is 338 g/mol. The Morgan fingerprint density at radius 3 is 2.76 bits per heavy atom. The molecule has 1 aromatic carbocycles. The quantitative estimate of drug-likeness (QED) is 0.325. The van der Waals surface area contributed by atoms with E-state index in [-0.39, 0.29) is 5.82 Å². The normalized spacial score (nSPS) is 11.5. The molecule has 3 rings (SSSR count). The van der Waals surface area contributed by atoms with Gasteiger partial charge in [-0.05, 0) is 5.56 Å². The standard InChI is InChI=1S/C17H14N4O4/c1-25-17(24)14(23)7-13(22)16-20-12-8-18-10-19-15(12)21(16)9-11-5-3-2-4-6-11/h2-8,10,22H,9H2,1H3. The van der Waals surface area contributed by atoms with E-state index in [0.29, 0.717) is 17.7 Å². The van der Waals surface area contributed by atoms with Crippen molar-refractivity contribution < 1.29 is 19.4 Å². The summed E-state index contributed by atoms with van der Waals surface area (Å²) in [4.78, 5) is 35.3. The van der Waals surface area contributed by atoms with E-state index in [0.717, 1.165) is 18.7 Å². The summed E-state index contributed by atoms with van der Waals surface area (Å²) in [6.45, 7) is 0.369. The van der Waals surface area contributed by atoms with Gasteiger partial charge in [0, 0.05) is 6.08 Å². The minimum atomic E-state index is -1.07. The highest BCUT2D eigenvalue weighted by Gasteiger charge is 2.19. The van der Waals surface area contributed by atoms with E-state index in [9.17, 15) is 14.7 Å². The number of benzene rings is 1. The van der Waals surface area contributed by atoms with Crippen LogP contribution in [0.4, 0.5) is 0 Å². The van der Waals surface area contributed by atoms with E-state index >= 15 is 0 Å². The van der Waals surface area contributed by atoms with E-state index in [1.54, 1.807) is 4.57 Å². The van der Waals surface area contributed by atoms with Crippen molar-refractivity contribution in [3.63, 3.8) is 0 Å². The van der Waals surface area contributed by atoms with Gasteiger partial charge in [0.05, 0.1) is 19.9 Å². The fraction of sp³-hybridized carbons (Fsp3) is 0.118. The van der Waals surface area contributed by atoms with Gasteiger partial charge in [-0.1, -0.05) is 30.3 Å². The molecule has 126 valence electrons. The maximum absolute atomic E-state index is 11.7. The smallest absolute Gasteiger partial charge is 0.378 e. The van der Waals surface area contributed by atoms with Gasteiger partial charge in [-0.2, -0.15) is 0 Å². The van der Waals surface area contributed by atoms with Crippen molar-refractivity contribution >= 4 is 28.7 Å². The summed E-state index contributed by atoms with van der Waals surface area (Å²) < 4.78 is 5.98. The van der Waals surface area contributed by atoms with Gasteiger partial charge in [-0.15, -0.1) is 0 Å². The second-order valence-electron chi connectivity index (χ2n) is 5.12. The third-order valence-corrected chi connectivity index (χ3v) is 3.48. The molecule has 0 aliphatic rings. The molecular formula is C17H14N4O4. The molecule has 0 saturated carbocycles. The summed E-state index contributed by atoms with van der Waals surface area (Å²) >= 11 is 0. The van der Waals surface area contributed by atoms with E-state index < -0.39 is 17.5 Å². The Bertz CT molecular complexity index is 963. The number of ketones is 1. The summed E-state index contributed by atoms with van der Waals surface area (Å²) in [6.07, 6.45) is 3.65. The van der Waals surface area contributed by atoms with Crippen LogP contribution in [-0.4, -0.2) is 43.5 Å². The maximum Gasteiger partial charge on any atom is 0.378 e. The maximum atomic E-state index is 11.7. The number of hydrogen-bond donors (Lipinski definition) is 1. The number of nitrogens with zero attached hydrogens (tertiary/aromatic N) is 4. The number of fused-ring (bicyclic) bond motifs is 1. The van der Waals surface area contributed by atoms with Gasteiger partial charge in [0.15, 0.2) is 17.2 Å². The third kappa shape index (κ3) is 3.37. The molecule has 0 atom stereocenters. The molecule has 25 heavy (non-hydrogen) atoms. The number of hydrogen-bond acceptors (Lipinski definition) is 7.